The van der Waals surface area contributed by atoms with Crippen LogP contribution in [0.15, 0.2) is 47.4 Å². The number of amides is 1. The van der Waals surface area contributed by atoms with E-state index in [0.717, 1.165) is 24.0 Å². The molecule has 0 aromatic heterocycles. The highest BCUT2D eigenvalue weighted by atomic mass is 32.2. The number of aryl methyl sites for hydroxylation is 2. The van der Waals surface area contributed by atoms with E-state index in [9.17, 15) is 13.2 Å². The summed E-state index contributed by atoms with van der Waals surface area (Å²) in [6.45, 7) is 6.42. The molecule has 2 heterocycles. The molecule has 166 valence electrons. The van der Waals surface area contributed by atoms with E-state index in [0.29, 0.717) is 43.5 Å². The highest BCUT2D eigenvalue weighted by Gasteiger charge is 2.32. The molecule has 0 unspecified atom stereocenters. The molecule has 1 amide bonds. The maximum atomic E-state index is 12.8. The van der Waals surface area contributed by atoms with Gasteiger partial charge in [-0.15, -0.1) is 0 Å². The Morgan fingerprint density at radius 1 is 0.968 bits per heavy atom. The van der Waals surface area contributed by atoms with E-state index in [2.05, 4.69) is 4.72 Å². The molecule has 0 aliphatic carbocycles. The second-order valence-electron chi connectivity index (χ2n) is 8.17. The Hall–Kier alpha value is -2.42. The van der Waals surface area contributed by atoms with E-state index in [-0.39, 0.29) is 17.1 Å². The van der Waals surface area contributed by atoms with Crippen molar-refractivity contribution in [3.05, 3.63) is 59.2 Å². The number of sulfonamides is 1. The van der Waals surface area contributed by atoms with Gasteiger partial charge in [-0.25, -0.2) is 8.42 Å². The van der Waals surface area contributed by atoms with Crippen molar-refractivity contribution in [3.63, 3.8) is 0 Å². The topological polar surface area (TPSA) is 84.9 Å². The van der Waals surface area contributed by atoms with Crippen molar-refractivity contribution in [3.8, 4) is 0 Å². The molecule has 2 fully saturated rings. The summed E-state index contributed by atoms with van der Waals surface area (Å²) in [5, 5.41) is 0. The summed E-state index contributed by atoms with van der Waals surface area (Å²) in [4.78, 5) is 14.9. The second kappa shape index (κ2) is 8.98. The zero-order chi connectivity index (χ0) is 22.0. The maximum Gasteiger partial charge on any atom is 0.261 e. The smallest absolute Gasteiger partial charge is 0.261 e. The molecule has 2 aliphatic rings. The lowest BCUT2D eigenvalue weighted by atomic mass is 9.95. The summed E-state index contributed by atoms with van der Waals surface area (Å²) in [6, 6.07) is 11.6. The first-order chi connectivity index (χ1) is 14.8. The van der Waals surface area contributed by atoms with Crippen LogP contribution in [0, 0.1) is 19.8 Å². The Kier molecular flexibility index (Phi) is 6.31. The van der Waals surface area contributed by atoms with Crippen LogP contribution in [0.5, 0.6) is 0 Å². The van der Waals surface area contributed by atoms with E-state index in [1.807, 2.05) is 18.7 Å². The summed E-state index contributed by atoms with van der Waals surface area (Å²) >= 11 is 0. The van der Waals surface area contributed by atoms with Gasteiger partial charge in [-0.1, -0.05) is 6.07 Å². The zero-order valence-electron chi connectivity index (χ0n) is 17.8. The lowest BCUT2D eigenvalue weighted by Crippen LogP contribution is -2.41. The summed E-state index contributed by atoms with van der Waals surface area (Å²) in [5.41, 5.74) is 2.91. The molecule has 7 nitrogen and oxygen atoms in total. The Balaban J connectivity index is 1.37. The number of nitrogens with zero attached hydrogens (tertiary/aromatic N) is 1. The van der Waals surface area contributed by atoms with Gasteiger partial charge < -0.3 is 14.4 Å². The molecular formula is C23H28N2O5S. The molecule has 2 aliphatic heterocycles. The van der Waals surface area contributed by atoms with Crippen molar-refractivity contribution in [1.82, 2.24) is 4.90 Å². The van der Waals surface area contributed by atoms with Gasteiger partial charge in [0.05, 0.1) is 18.1 Å². The molecule has 8 heteroatoms. The number of piperidine rings is 1. The van der Waals surface area contributed by atoms with Crippen LogP contribution >= 0.6 is 0 Å². The predicted molar refractivity (Wildman–Crippen MR) is 117 cm³/mol. The van der Waals surface area contributed by atoms with E-state index in [4.69, 9.17) is 9.47 Å². The lowest BCUT2D eigenvalue weighted by Gasteiger charge is -2.33. The molecule has 4 rings (SSSR count). The van der Waals surface area contributed by atoms with E-state index in [1.165, 1.54) is 0 Å². The van der Waals surface area contributed by atoms with Gasteiger partial charge in [0.1, 0.15) is 0 Å². The molecular weight excluding hydrogens is 416 g/mol. The van der Waals surface area contributed by atoms with Crippen molar-refractivity contribution < 1.29 is 22.7 Å². The molecule has 1 N–H and O–H groups in total. The summed E-state index contributed by atoms with van der Waals surface area (Å²) in [6.07, 6.45) is 1.57. The third-order valence-electron chi connectivity index (χ3n) is 6.03. The number of hydrogen-bond donors (Lipinski definition) is 1. The van der Waals surface area contributed by atoms with Crippen LogP contribution in [0.1, 0.15) is 34.3 Å². The van der Waals surface area contributed by atoms with Gasteiger partial charge in [0.15, 0.2) is 6.29 Å². The van der Waals surface area contributed by atoms with E-state index in [1.54, 1.807) is 42.5 Å². The lowest BCUT2D eigenvalue weighted by molar-refractivity contribution is -0.0956. The van der Waals surface area contributed by atoms with Crippen molar-refractivity contribution in [2.24, 2.45) is 5.92 Å². The van der Waals surface area contributed by atoms with Gasteiger partial charge in [-0.3, -0.25) is 9.52 Å². The molecule has 2 saturated heterocycles. The Morgan fingerprint density at radius 2 is 1.61 bits per heavy atom. The van der Waals surface area contributed by atoms with Crippen LogP contribution in [0.2, 0.25) is 0 Å². The molecule has 2 aromatic rings. The van der Waals surface area contributed by atoms with Crippen molar-refractivity contribution in [2.75, 3.05) is 31.0 Å². The van der Waals surface area contributed by atoms with Gasteiger partial charge in [0.25, 0.3) is 15.9 Å². The van der Waals surface area contributed by atoms with Crippen molar-refractivity contribution >= 4 is 21.6 Å². The first-order valence-electron chi connectivity index (χ1n) is 10.6. The second-order valence-corrected chi connectivity index (χ2v) is 9.85. The number of nitrogens with one attached hydrogen (secondary N) is 1. The summed E-state index contributed by atoms with van der Waals surface area (Å²) in [5.74, 6) is 0.281. The predicted octanol–water partition coefficient (Wildman–Crippen LogP) is 3.33. The SMILES string of the molecule is Cc1ccc(S(=O)(=O)Nc2ccc(C(=O)N3CCC(C4OCCO4)CC3)cc2)cc1C. The van der Waals surface area contributed by atoms with Gasteiger partial charge >= 0.3 is 0 Å². The van der Waals surface area contributed by atoms with E-state index >= 15 is 0 Å². The van der Waals surface area contributed by atoms with Gasteiger partial charge in [0.2, 0.25) is 0 Å². The van der Waals surface area contributed by atoms with Crippen molar-refractivity contribution in [1.29, 1.82) is 0 Å². The minimum atomic E-state index is -3.69. The average Bonchev–Trinajstić information content (AvgIpc) is 3.30. The molecule has 0 bridgehead atoms. The highest BCUT2D eigenvalue weighted by molar-refractivity contribution is 7.92. The fraction of sp³-hybridized carbons (Fsp3) is 0.435. The number of benzene rings is 2. The van der Waals surface area contributed by atoms with E-state index < -0.39 is 10.0 Å². The number of rotatable bonds is 5. The summed E-state index contributed by atoms with van der Waals surface area (Å²) in [7, 11) is -3.69. The Bertz CT molecular complexity index is 1040. The minimum absolute atomic E-state index is 0.0460. The largest absolute Gasteiger partial charge is 0.350 e. The fourth-order valence-corrected chi connectivity index (χ4v) is 5.13. The number of carbonyl (C=O) groups excluding carboxylic acids is 1. The normalized spacial score (nSPS) is 18.3. The molecule has 31 heavy (non-hydrogen) atoms. The fourth-order valence-electron chi connectivity index (χ4n) is 3.98. The molecule has 0 radical (unpaired) electrons. The third-order valence-corrected chi connectivity index (χ3v) is 7.41. The van der Waals surface area contributed by atoms with Gasteiger partial charge in [0, 0.05) is 30.3 Å². The van der Waals surface area contributed by atoms with Gasteiger partial charge in [-0.2, -0.15) is 0 Å². The van der Waals surface area contributed by atoms with Crippen LogP contribution in [-0.2, 0) is 19.5 Å². The molecule has 0 spiro atoms. The molecule has 0 atom stereocenters. The summed E-state index contributed by atoms with van der Waals surface area (Å²) < 4.78 is 39.1. The number of carbonyl (C=O) groups is 1. The van der Waals surface area contributed by atoms with Crippen molar-refractivity contribution in [2.45, 2.75) is 37.9 Å². The highest BCUT2D eigenvalue weighted by Crippen LogP contribution is 2.27. The third kappa shape index (κ3) is 4.92. The first-order valence-corrected chi connectivity index (χ1v) is 12.0. The monoisotopic (exact) mass is 444 g/mol. The van der Waals surface area contributed by atoms with Crippen LogP contribution in [-0.4, -0.2) is 51.8 Å². The quantitative estimate of drug-likeness (QED) is 0.765. The average molecular weight is 445 g/mol. The Morgan fingerprint density at radius 3 is 2.23 bits per heavy atom. The van der Waals surface area contributed by atoms with Crippen LogP contribution < -0.4 is 4.72 Å². The standard InChI is InChI=1S/C23H28N2O5S/c1-16-3-8-21(15-17(16)2)31(27,28)24-20-6-4-18(5-7-20)22(26)25-11-9-19(10-12-25)23-29-13-14-30-23/h3-8,15,19,23-24H,9-14H2,1-2H3. The molecule has 2 aromatic carbocycles. The minimum Gasteiger partial charge on any atom is -0.350 e. The Labute approximate surface area is 183 Å². The van der Waals surface area contributed by atoms with Gasteiger partial charge in [-0.05, 0) is 74.2 Å². The number of hydrogen-bond acceptors (Lipinski definition) is 5. The maximum absolute atomic E-state index is 12.8. The zero-order valence-corrected chi connectivity index (χ0v) is 18.7. The molecule has 0 saturated carbocycles. The first kappa shape index (κ1) is 21.8. The van der Waals surface area contributed by atoms with Crippen LogP contribution in [0.25, 0.3) is 0 Å². The van der Waals surface area contributed by atoms with Crippen LogP contribution in [0.3, 0.4) is 0 Å². The number of likely N-dealkylation sites (tertiary alicyclic amines) is 1. The number of anilines is 1. The number of ether oxygens (including phenoxy) is 2. The van der Waals surface area contributed by atoms with Crippen LogP contribution in [0.4, 0.5) is 5.69 Å².